The fourth-order valence-electron chi connectivity index (χ4n) is 6.71. The number of aryl methyl sites for hydroxylation is 1. The number of rotatable bonds is 6. The maximum atomic E-state index is 14.5. The molecule has 8 heteroatoms. The number of hydrogen-bond donors (Lipinski definition) is 1. The second-order valence-corrected chi connectivity index (χ2v) is 14.3. The van der Waals surface area contributed by atoms with Gasteiger partial charge in [-0.25, -0.2) is 9.78 Å². The SMILES string of the molecule is COc1cc(C(=O)N2[C@@H](c3ncc(C)s3)C3C(=O)C(C)(C)CC3[C@@]2(CC(C)C)C(=O)O)ccc1C(C)(C)C. The molecule has 4 atom stereocenters. The van der Waals surface area contributed by atoms with Crippen molar-refractivity contribution in [2.45, 2.75) is 85.2 Å². The third kappa shape index (κ3) is 4.34. The third-order valence-electron chi connectivity index (χ3n) is 8.25. The summed E-state index contributed by atoms with van der Waals surface area (Å²) >= 11 is 1.42. The molecule has 4 rings (SSSR count). The van der Waals surface area contributed by atoms with Crippen LogP contribution in [0.3, 0.4) is 0 Å². The van der Waals surface area contributed by atoms with E-state index in [9.17, 15) is 19.5 Å². The number of carbonyl (C=O) groups excluding carboxylic acids is 2. The topological polar surface area (TPSA) is 96.8 Å². The lowest BCUT2D eigenvalue weighted by atomic mass is 9.74. The van der Waals surface area contributed by atoms with Gasteiger partial charge in [0.15, 0.2) is 0 Å². The minimum Gasteiger partial charge on any atom is -0.496 e. The predicted octanol–water partition coefficient (Wildman–Crippen LogP) is 6.06. The average molecular weight is 541 g/mol. The molecule has 0 bridgehead atoms. The number of carboxylic acid groups (broad SMARTS) is 1. The Hall–Kier alpha value is -2.74. The van der Waals surface area contributed by atoms with Crippen molar-refractivity contribution in [3.8, 4) is 5.75 Å². The smallest absolute Gasteiger partial charge is 0.329 e. The molecule has 7 nitrogen and oxygen atoms in total. The molecule has 2 aromatic rings. The molecular formula is C30H40N2O5S. The lowest BCUT2D eigenvalue weighted by Crippen LogP contribution is -2.58. The molecular weight excluding hydrogens is 500 g/mol. The second kappa shape index (κ2) is 9.47. The van der Waals surface area contributed by atoms with Crippen LogP contribution in [0.25, 0.3) is 0 Å². The van der Waals surface area contributed by atoms with Crippen LogP contribution >= 0.6 is 11.3 Å². The molecule has 2 fully saturated rings. The van der Waals surface area contributed by atoms with Gasteiger partial charge in [-0.15, -0.1) is 11.3 Å². The number of aromatic nitrogens is 1. The molecule has 0 radical (unpaired) electrons. The summed E-state index contributed by atoms with van der Waals surface area (Å²) in [6.45, 7) is 15.8. The number of thiazole rings is 1. The zero-order valence-corrected chi connectivity index (χ0v) is 24.7. The van der Waals surface area contributed by atoms with Crippen molar-refractivity contribution in [2.75, 3.05) is 7.11 Å². The molecule has 1 aromatic heterocycles. The Kier molecular flexibility index (Phi) is 7.05. The predicted molar refractivity (Wildman–Crippen MR) is 148 cm³/mol. The van der Waals surface area contributed by atoms with Crippen molar-refractivity contribution < 1.29 is 24.2 Å². The number of likely N-dealkylation sites (tertiary alicyclic amines) is 1. The highest BCUT2D eigenvalue weighted by atomic mass is 32.1. The fourth-order valence-corrected chi connectivity index (χ4v) is 7.63. The van der Waals surface area contributed by atoms with Crippen molar-refractivity contribution in [2.24, 2.45) is 23.2 Å². The molecule has 1 aromatic carbocycles. The number of hydrogen-bond acceptors (Lipinski definition) is 6. The first-order chi connectivity index (χ1) is 17.6. The molecule has 1 aliphatic carbocycles. The molecule has 206 valence electrons. The molecule has 0 spiro atoms. The lowest BCUT2D eigenvalue weighted by molar-refractivity contribution is -0.153. The molecule has 2 unspecified atom stereocenters. The number of methoxy groups -OCH3 is 1. The number of fused-ring (bicyclic) bond motifs is 1. The summed E-state index contributed by atoms with van der Waals surface area (Å²) < 4.78 is 5.67. The molecule has 38 heavy (non-hydrogen) atoms. The number of ether oxygens (including phenoxy) is 1. The summed E-state index contributed by atoms with van der Waals surface area (Å²) in [6, 6.07) is 4.58. The first kappa shape index (κ1) is 28.3. The van der Waals surface area contributed by atoms with E-state index in [-0.39, 0.29) is 23.5 Å². The summed E-state index contributed by atoms with van der Waals surface area (Å²) in [5.41, 5.74) is -1.14. The number of carbonyl (C=O) groups is 3. The van der Waals surface area contributed by atoms with Gasteiger partial charge < -0.3 is 14.7 Å². The number of amides is 1. The van der Waals surface area contributed by atoms with Crippen LogP contribution in [0.2, 0.25) is 0 Å². The number of nitrogens with zero attached hydrogens (tertiary/aromatic N) is 2. The molecule has 1 N–H and O–H groups in total. The number of Topliss-reactive ketones (excluding diaryl/α,β-unsaturated/α-hetero) is 1. The van der Waals surface area contributed by atoms with Gasteiger partial charge in [0.1, 0.15) is 22.1 Å². The van der Waals surface area contributed by atoms with E-state index in [1.807, 2.05) is 40.7 Å². The summed E-state index contributed by atoms with van der Waals surface area (Å²) in [5, 5.41) is 11.6. The average Bonchev–Trinajstić information content (AvgIpc) is 3.43. The van der Waals surface area contributed by atoms with Gasteiger partial charge in [-0.1, -0.05) is 54.5 Å². The zero-order valence-electron chi connectivity index (χ0n) is 23.9. The Morgan fingerprint density at radius 1 is 1.26 bits per heavy atom. The molecule has 1 saturated carbocycles. The minimum absolute atomic E-state index is 0.00527. The Labute approximate surface area is 229 Å². The molecule has 2 aliphatic rings. The van der Waals surface area contributed by atoms with E-state index in [0.717, 1.165) is 10.4 Å². The van der Waals surface area contributed by atoms with Crippen molar-refractivity contribution >= 4 is 29.0 Å². The van der Waals surface area contributed by atoms with Gasteiger partial charge in [0.05, 0.1) is 19.1 Å². The van der Waals surface area contributed by atoms with Gasteiger partial charge in [-0.3, -0.25) is 9.59 Å². The quantitative estimate of drug-likeness (QED) is 0.479. The Morgan fingerprint density at radius 3 is 2.42 bits per heavy atom. The van der Waals surface area contributed by atoms with Crippen molar-refractivity contribution in [3.63, 3.8) is 0 Å². The van der Waals surface area contributed by atoms with Crippen LogP contribution in [-0.2, 0) is 15.0 Å². The largest absolute Gasteiger partial charge is 0.496 e. The summed E-state index contributed by atoms with van der Waals surface area (Å²) in [5.74, 6) is -2.06. The van der Waals surface area contributed by atoms with Crippen LogP contribution in [0, 0.1) is 30.1 Å². The van der Waals surface area contributed by atoms with E-state index in [2.05, 4.69) is 25.8 Å². The van der Waals surface area contributed by atoms with Crippen molar-refractivity contribution in [3.05, 3.63) is 45.4 Å². The van der Waals surface area contributed by atoms with E-state index in [4.69, 9.17) is 4.74 Å². The van der Waals surface area contributed by atoms with Gasteiger partial charge in [0.2, 0.25) is 0 Å². The zero-order chi connectivity index (χ0) is 28.4. The van der Waals surface area contributed by atoms with Gasteiger partial charge in [-0.2, -0.15) is 0 Å². The van der Waals surface area contributed by atoms with Crippen LogP contribution in [0.1, 0.15) is 93.2 Å². The van der Waals surface area contributed by atoms with Crippen LogP contribution in [0.5, 0.6) is 5.75 Å². The standard InChI is InChI=1S/C30H40N2O5S/c1-16(2)13-30(27(35)36)20-14-29(7,8)24(33)22(20)23(25-31-15-17(3)38-25)32(30)26(34)18-10-11-19(28(4,5)6)21(12-18)37-9/h10-12,15-16,20,22-23H,13-14H2,1-9H3,(H,35,36)/t20?,22?,23-,30+/m1/s1. The lowest BCUT2D eigenvalue weighted by Gasteiger charge is -2.42. The van der Waals surface area contributed by atoms with Crippen molar-refractivity contribution in [1.82, 2.24) is 9.88 Å². The van der Waals surface area contributed by atoms with Crippen LogP contribution in [-0.4, -0.2) is 45.3 Å². The number of aliphatic carboxylic acids is 1. The monoisotopic (exact) mass is 540 g/mol. The highest BCUT2D eigenvalue weighted by Gasteiger charge is 2.71. The Bertz CT molecular complexity index is 1270. The summed E-state index contributed by atoms with van der Waals surface area (Å²) in [4.78, 5) is 48.9. The van der Waals surface area contributed by atoms with E-state index in [0.29, 0.717) is 22.7 Å². The highest BCUT2D eigenvalue weighted by molar-refractivity contribution is 7.11. The van der Waals surface area contributed by atoms with Crippen LogP contribution < -0.4 is 4.74 Å². The molecule has 1 saturated heterocycles. The highest BCUT2D eigenvalue weighted by Crippen LogP contribution is 2.62. The van der Waals surface area contributed by atoms with E-state index >= 15 is 0 Å². The van der Waals surface area contributed by atoms with Gasteiger partial charge in [0.25, 0.3) is 5.91 Å². The molecule has 1 amide bonds. The fraction of sp³-hybridized carbons (Fsp3) is 0.600. The summed E-state index contributed by atoms with van der Waals surface area (Å²) in [7, 11) is 1.57. The maximum absolute atomic E-state index is 14.5. The minimum atomic E-state index is -1.54. The van der Waals surface area contributed by atoms with E-state index in [1.54, 1.807) is 25.4 Å². The first-order valence-electron chi connectivity index (χ1n) is 13.3. The normalized spacial score (nSPS) is 26.6. The van der Waals surface area contributed by atoms with Gasteiger partial charge in [0, 0.05) is 28.0 Å². The maximum Gasteiger partial charge on any atom is 0.329 e. The van der Waals surface area contributed by atoms with E-state index in [1.165, 1.54) is 16.2 Å². The Balaban J connectivity index is 1.98. The third-order valence-corrected chi connectivity index (χ3v) is 9.24. The number of benzene rings is 1. The van der Waals surface area contributed by atoms with E-state index < -0.39 is 40.7 Å². The Morgan fingerprint density at radius 2 is 1.92 bits per heavy atom. The number of ketones is 1. The summed E-state index contributed by atoms with van der Waals surface area (Å²) in [6.07, 6.45) is 2.38. The van der Waals surface area contributed by atoms with Gasteiger partial charge in [-0.05, 0) is 48.8 Å². The van der Waals surface area contributed by atoms with Crippen molar-refractivity contribution in [1.29, 1.82) is 0 Å². The molecule has 2 heterocycles. The van der Waals surface area contributed by atoms with Gasteiger partial charge >= 0.3 is 5.97 Å². The second-order valence-electron chi connectivity index (χ2n) is 13.0. The van der Waals surface area contributed by atoms with Crippen LogP contribution in [0.4, 0.5) is 0 Å². The molecule has 1 aliphatic heterocycles. The van der Waals surface area contributed by atoms with Crippen LogP contribution in [0.15, 0.2) is 24.4 Å². The number of carboxylic acids is 1. The first-order valence-corrected chi connectivity index (χ1v) is 14.1.